The van der Waals surface area contributed by atoms with E-state index in [4.69, 9.17) is 9.11 Å². The third-order valence-corrected chi connectivity index (χ3v) is 4.15. The van der Waals surface area contributed by atoms with Crippen molar-refractivity contribution < 1.29 is 31.0 Å². The van der Waals surface area contributed by atoms with E-state index in [0.29, 0.717) is 0 Å². The molecule has 0 saturated heterocycles. The molecular formula is C10H8Na2O7S2. The second-order valence-electron chi connectivity index (χ2n) is 3.78. The van der Waals surface area contributed by atoms with Crippen molar-refractivity contribution >= 4 is 90.1 Å². The van der Waals surface area contributed by atoms with Crippen molar-refractivity contribution in [3.05, 3.63) is 30.3 Å². The summed E-state index contributed by atoms with van der Waals surface area (Å²) in [6.45, 7) is 0. The van der Waals surface area contributed by atoms with Crippen molar-refractivity contribution in [2.75, 3.05) is 0 Å². The van der Waals surface area contributed by atoms with Crippen LogP contribution < -0.4 is 0 Å². The second kappa shape index (κ2) is 7.26. The van der Waals surface area contributed by atoms with Crippen molar-refractivity contribution in [2.24, 2.45) is 0 Å². The molecule has 0 spiro atoms. The zero-order valence-electron chi connectivity index (χ0n) is 11.2. The Kier molecular flexibility index (Phi) is 7.37. The van der Waals surface area contributed by atoms with Gasteiger partial charge in [-0.05, 0) is 23.6 Å². The summed E-state index contributed by atoms with van der Waals surface area (Å²) < 4.78 is 61.6. The maximum Gasteiger partial charge on any atom is 0.294 e. The van der Waals surface area contributed by atoms with Crippen LogP contribution >= 0.6 is 0 Å². The number of phenols is 1. The predicted molar refractivity (Wildman–Crippen MR) is 76.8 cm³/mol. The Labute approximate surface area is 165 Å². The second-order valence-corrected chi connectivity index (χ2v) is 6.62. The topological polar surface area (TPSA) is 129 Å². The number of benzene rings is 2. The molecule has 2 aromatic rings. The molecule has 0 aliphatic rings. The van der Waals surface area contributed by atoms with E-state index in [1.54, 1.807) is 0 Å². The Morgan fingerprint density at radius 3 is 1.76 bits per heavy atom. The first kappa shape index (κ1) is 21.3. The summed E-state index contributed by atoms with van der Waals surface area (Å²) in [4.78, 5) is -0.952. The number of rotatable bonds is 2. The molecule has 0 heterocycles. The number of hydrogen-bond acceptors (Lipinski definition) is 5. The van der Waals surface area contributed by atoms with Crippen LogP contribution in [0, 0.1) is 0 Å². The molecule has 0 amide bonds. The first-order valence-corrected chi connectivity index (χ1v) is 7.69. The van der Waals surface area contributed by atoms with Gasteiger partial charge in [-0.15, -0.1) is 0 Å². The number of aromatic hydroxyl groups is 1. The quantitative estimate of drug-likeness (QED) is 0.524. The molecule has 0 unspecified atom stereocenters. The van der Waals surface area contributed by atoms with Gasteiger partial charge in [0.05, 0.1) is 9.79 Å². The monoisotopic (exact) mass is 350 g/mol. The van der Waals surface area contributed by atoms with Crippen molar-refractivity contribution in [3.63, 3.8) is 0 Å². The average molecular weight is 350 g/mol. The van der Waals surface area contributed by atoms with Crippen LogP contribution in [0.1, 0.15) is 0 Å². The van der Waals surface area contributed by atoms with Crippen LogP contribution in [0.2, 0.25) is 0 Å². The normalized spacial score (nSPS) is 11.5. The van der Waals surface area contributed by atoms with E-state index in [1.165, 1.54) is 6.07 Å². The van der Waals surface area contributed by atoms with Gasteiger partial charge in [-0.2, -0.15) is 16.8 Å². The van der Waals surface area contributed by atoms with Crippen LogP contribution in [0.15, 0.2) is 40.1 Å². The molecule has 0 fully saturated rings. The zero-order valence-corrected chi connectivity index (χ0v) is 16.8. The first-order chi connectivity index (χ1) is 8.59. The summed E-state index contributed by atoms with van der Waals surface area (Å²) in [5.41, 5.74) is 0. The fourth-order valence-electron chi connectivity index (χ4n) is 1.60. The van der Waals surface area contributed by atoms with E-state index in [9.17, 15) is 21.9 Å². The summed E-state index contributed by atoms with van der Waals surface area (Å²) in [7, 11) is -8.91. The van der Waals surface area contributed by atoms with Crippen molar-refractivity contribution in [2.45, 2.75) is 9.79 Å². The molecular weight excluding hydrogens is 342 g/mol. The van der Waals surface area contributed by atoms with E-state index in [1.807, 2.05) is 0 Å². The van der Waals surface area contributed by atoms with Crippen molar-refractivity contribution in [1.29, 1.82) is 0 Å². The van der Waals surface area contributed by atoms with Crippen molar-refractivity contribution in [1.82, 2.24) is 0 Å². The number of phenolic OH excluding ortho intramolecular Hbond substituents is 1. The molecule has 0 aliphatic carbocycles. The Hall–Kier alpha value is 0.320. The zero-order chi connectivity index (χ0) is 14.4. The molecule has 104 valence electrons. The van der Waals surface area contributed by atoms with Gasteiger partial charge < -0.3 is 5.11 Å². The SMILES string of the molecule is O=S(=O)(O)c1cc(O)c2cc(S(=O)(=O)O)ccc2c1.[Na].[Na]. The molecule has 2 aromatic carbocycles. The molecule has 2 rings (SSSR count). The standard InChI is InChI=1S/C10H8O7S2.2Na/c11-10-5-8(19(15,16)17)3-6-1-2-7(4-9(6)10)18(12,13)14;;/h1-5,11H,(H,12,13,14)(H,15,16,17);;. The third-order valence-electron chi connectivity index (χ3n) is 2.47. The minimum absolute atomic E-state index is 0. The molecule has 0 atom stereocenters. The molecule has 21 heavy (non-hydrogen) atoms. The van der Waals surface area contributed by atoms with Crippen LogP contribution in [0.3, 0.4) is 0 Å². The fraction of sp³-hybridized carbons (Fsp3) is 0. The smallest absolute Gasteiger partial charge is 0.294 e. The van der Waals surface area contributed by atoms with E-state index < -0.39 is 35.8 Å². The average Bonchev–Trinajstić information content (AvgIpc) is 2.26. The summed E-state index contributed by atoms with van der Waals surface area (Å²) in [6.07, 6.45) is 0. The summed E-state index contributed by atoms with van der Waals surface area (Å²) in [5, 5.41) is 9.88. The van der Waals surface area contributed by atoms with E-state index >= 15 is 0 Å². The van der Waals surface area contributed by atoms with Gasteiger partial charge in [-0.3, -0.25) is 9.11 Å². The van der Waals surface area contributed by atoms with E-state index in [-0.39, 0.29) is 69.9 Å². The van der Waals surface area contributed by atoms with Gasteiger partial charge in [0.1, 0.15) is 5.75 Å². The summed E-state index contributed by atoms with van der Waals surface area (Å²) in [6, 6.07) is 5.09. The summed E-state index contributed by atoms with van der Waals surface area (Å²) in [5.74, 6) is -0.532. The number of fused-ring (bicyclic) bond motifs is 1. The van der Waals surface area contributed by atoms with Gasteiger partial charge in [0, 0.05) is 70.6 Å². The minimum atomic E-state index is -4.48. The van der Waals surface area contributed by atoms with Crippen LogP contribution in [0.4, 0.5) is 0 Å². The summed E-state index contributed by atoms with van der Waals surface area (Å²) >= 11 is 0. The van der Waals surface area contributed by atoms with Crippen LogP contribution in [0.25, 0.3) is 10.8 Å². The first-order valence-electron chi connectivity index (χ1n) is 4.81. The minimum Gasteiger partial charge on any atom is -0.507 e. The maximum atomic E-state index is 11.0. The Morgan fingerprint density at radius 1 is 0.762 bits per heavy atom. The van der Waals surface area contributed by atoms with Gasteiger partial charge in [-0.1, -0.05) is 6.07 Å². The predicted octanol–water partition coefficient (Wildman–Crippen LogP) is 0.277. The molecule has 0 aliphatic heterocycles. The maximum absolute atomic E-state index is 11.0. The van der Waals surface area contributed by atoms with E-state index in [2.05, 4.69) is 0 Å². The van der Waals surface area contributed by atoms with Crippen LogP contribution in [-0.4, -0.2) is 90.2 Å². The van der Waals surface area contributed by atoms with E-state index in [0.717, 1.165) is 24.3 Å². The third kappa shape index (κ3) is 4.90. The van der Waals surface area contributed by atoms with Crippen LogP contribution in [-0.2, 0) is 20.2 Å². The van der Waals surface area contributed by atoms with Gasteiger partial charge in [0.15, 0.2) is 0 Å². The fourth-order valence-corrected chi connectivity index (χ4v) is 2.64. The molecule has 11 heteroatoms. The Bertz CT molecular complexity index is 876. The molecule has 0 aromatic heterocycles. The van der Waals surface area contributed by atoms with Gasteiger partial charge >= 0.3 is 0 Å². The largest absolute Gasteiger partial charge is 0.507 e. The van der Waals surface area contributed by atoms with Crippen molar-refractivity contribution in [3.8, 4) is 5.75 Å². The molecule has 0 bridgehead atoms. The molecule has 2 radical (unpaired) electrons. The molecule has 0 saturated carbocycles. The van der Waals surface area contributed by atoms with Gasteiger partial charge in [0.25, 0.3) is 20.2 Å². The Morgan fingerprint density at radius 2 is 1.29 bits per heavy atom. The van der Waals surface area contributed by atoms with Gasteiger partial charge in [0.2, 0.25) is 0 Å². The molecule has 7 nitrogen and oxygen atoms in total. The number of hydrogen-bond donors (Lipinski definition) is 3. The van der Waals surface area contributed by atoms with Gasteiger partial charge in [-0.25, -0.2) is 0 Å². The molecule has 3 N–H and O–H groups in total. The Balaban J connectivity index is 0.00000200. The van der Waals surface area contributed by atoms with Crippen LogP contribution in [0.5, 0.6) is 5.75 Å².